The van der Waals surface area contributed by atoms with E-state index in [0.717, 1.165) is 5.56 Å². The van der Waals surface area contributed by atoms with Crippen molar-refractivity contribution >= 4 is 11.6 Å². The Morgan fingerprint density at radius 1 is 1.19 bits per heavy atom. The number of carbonyl (C=O) groups excluding carboxylic acids is 1. The molecular weight excluding hydrogens is 345 g/mol. The van der Waals surface area contributed by atoms with Crippen LogP contribution in [-0.2, 0) is 13.0 Å². The molecule has 0 radical (unpaired) electrons. The Hall–Kier alpha value is -3.28. The highest BCUT2D eigenvalue weighted by Crippen LogP contribution is 2.17. The largest absolute Gasteiger partial charge is 0.489 e. The van der Waals surface area contributed by atoms with Gasteiger partial charge in [-0.15, -0.1) is 0 Å². The number of benzene rings is 2. The van der Waals surface area contributed by atoms with Crippen molar-refractivity contribution in [1.29, 1.82) is 0 Å². The molecule has 0 bridgehead atoms. The van der Waals surface area contributed by atoms with E-state index in [0.29, 0.717) is 34.9 Å². The maximum atomic E-state index is 13.2. The zero-order chi connectivity index (χ0) is 19.2. The molecule has 3 rings (SSSR count). The highest BCUT2D eigenvalue weighted by atomic mass is 19.1. The van der Waals surface area contributed by atoms with Crippen molar-refractivity contribution in [2.75, 3.05) is 5.32 Å². The van der Waals surface area contributed by atoms with Gasteiger partial charge in [-0.1, -0.05) is 25.1 Å². The average molecular weight is 365 g/mol. The van der Waals surface area contributed by atoms with Crippen molar-refractivity contribution in [3.8, 4) is 5.75 Å². The summed E-state index contributed by atoms with van der Waals surface area (Å²) in [5.41, 5.74) is 2.67. The van der Waals surface area contributed by atoms with Crippen LogP contribution in [0.3, 0.4) is 0 Å². The molecule has 27 heavy (non-hydrogen) atoms. The standard InChI is InChI=1S/C21H20FN3O2/c1-3-20-19(12-23-14(2)24-20)21(26)25-17-8-4-6-15(10-17)13-27-18-9-5-7-16(22)11-18/h4-12H,3,13H2,1-2H3,(H,25,26). The number of hydrogen-bond acceptors (Lipinski definition) is 4. The van der Waals surface area contributed by atoms with Crippen molar-refractivity contribution in [1.82, 2.24) is 9.97 Å². The lowest BCUT2D eigenvalue weighted by Crippen LogP contribution is -2.16. The summed E-state index contributed by atoms with van der Waals surface area (Å²) in [6.07, 6.45) is 2.20. The second kappa shape index (κ2) is 8.40. The van der Waals surface area contributed by atoms with Gasteiger partial charge in [0.2, 0.25) is 0 Å². The molecule has 3 aromatic rings. The predicted octanol–water partition coefficient (Wildman–Crippen LogP) is 4.32. The van der Waals surface area contributed by atoms with E-state index >= 15 is 0 Å². The van der Waals surface area contributed by atoms with Gasteiger partial charge in [-0.3, -0.25) is 4.79 Å². The van der Waals surface area contributed by atoms with Crippen LogP contribution in [0.2, 0.25) is 0 Å². The van der Waals surface area contributed by atoms with E-state index in [1.165, 1.54) is 12.1 Å². The zero-order valence-electron chi connectivity index (χ0n) is 15.2. The molecule has 1 aromatic heterocycles. The first-order valence-corrected chi connectivity index (χ1v) is 8.66. The molecule has 0 aliphatic carbocycles. The van der Waals surface area contributed by atoms with Crippen LogP contribution in [0.4, 0.5) is 10.1 Å². The topological polar surface area (TPSA) is 64.1 Å². The van der Waals surface area contributed by atoms with E-state index in [1.54, 1.807) is 31.3 Å². The molecule has 0 saturated heterocycles. The second-order valence-electron chi connectivity index (χ2n) is 6.03. The van der Waals surface area contributed by atoms with Gasteiger partial charge in [-0.2, -0.15) is 0 Å². The summed E-state index contributed by atoms with van der Waals surface area (Å²) >= 11 is 0. The molecule has 2 aromatic carbocycles. The van der Waals surface area contributed by atoms with Gasteiger partial charge in [0.25, 0.3) is 5.91 Å². The fourth-order valence-corrected chi connectivity index (χ4v) is 2.64. The van der Waals surface area contributed by atoms with Crippen LogP contribution < -0.4 is 10.1 Å². The number of nitrogens with one attached hydrogen (secondary N) is 1. The number of aromatic nitrogens is 2. The Morgan fingerprint density at radius 3 is 2.78 bits per heavy atom. The summed E-state index contributed by atoms with van der Waals surface area (Å²) in [4.78, 5) is 21.0. The number of amides is 1. The smallest absolute Gasteiger partial charge is 0.259 e. The minimum Gasteiger partial charge on any atom is -0.489 e. The Balaban J connectivity index is 1.69. The molecule has 6 heteroatoms. The number of anilines is 1. The molecule has 5 nitrogen and oxygen atoms in total. The van der Waals surface area contributed by atoms with Gasteiger partial charge in [0.15, 0.2) is 0 Å². The maximum absolute atomic E-state index is 13.2. The summed E-state index contributed by atoms with van der Waals surface area (Å²) in [7, 11) is 0. The monoisotopic (exact) mass is 365 g/mol. The zero-order valence-corrected chi connectivity index (χ0v) is 15.2. The van der Waals surface area contributed by atoms with Crippen LogP contribution in [0.25, 0.3) is 0 Å². The molecular formula is C21H20FN3O2. The van der Waals surface area contributed by atoms with E-state index in [2.05, 4.69) is 15.3 Å². The minimum absolute atomic E-state index is 0.255. The van der Waals surface area contributed by atoms with Crippen LogP contribution in [-0.4, -0.2) is 15.9 Å². The van der Waals surface area contributed by atoms with Gasteiger partial charge in [-0.25, -0.2) is 14.4 Å². The van der Waals surface area contributed by atoms with Crippen molar-refractivity contribution in [2.24, 2.45) is 0 Å². The van der Waals surface area contributed by atoms with Gasteiger partial charge in [-0.05, 0) is 43.2 Å². The van der Waals surface area contributed by atoms with Gasteiger partial charge < -0.3 is 10.1 Å². The van der Waals surface area contributed by atoms with Crippen LogP contribution in [0.5, 0.6) is 5.75 Å². The third-order valence-electron chi connectivity index (χ3n) is 3.95. The fourth-order valence-electron chi connectivity index (χ4n) is 2.64. The number of halogens is 1. The first-order valence-electron chi connectivity index (χ1n) is 8.66. The summed E-state index contributed by atoms with van der Waals surface area (Å²) < 4.78 is 18.8. The minimum atomic E-state index is -0.347. The predicted molar refractivity (Wildman–Crippen MR) is 101 cm³/mol. The summed E-state index contributed by atoms with van der Waals surface area (Å²) in [5, 5.41) is 2.87. The number of nitrogens with zero attached hydrogens (tertiary/aromatic N) is 2. The van der Waals surface area contributed by atoms with Crippen LogP contribution in [0.1, 0.15) is 34.4 Å². The Kier molecular flexibility index (Phi) is 5.76. The summed E-state index contributed by atoms with van der Waals surface area (Å²) in [6, 6.07) is 13.3. The highest BCUT2D eigenvalue weighted by Gasteiger charge is 2.13. The quantitative estimate of drug-likeness (QED) is 0.707. The Morgan fingerprint density at radius 2 is 2.00 bits per heavy atom. The summed E-state index contributed by atoms with van der Waals surface area (Å²) in [5.74, 6) is 0.490. The van der Waals surface area contributed by atoms with Gasteiger partial charge >= 0.3 is 0 Å². The Bertz CT molecular complexity index is 960. The highest BCUT2D eigenvalue weighted by molar-refractivity contribution is 6.04. The van der Waals surface area contributed by atoms with Crippen LogP contribution >= 0.6 is 0 Å². The van der Waals surface area contributed by atoms with E-state index in [4.69, 9.17) is 4.74 Å². The lowest BCUT2D eigenvalue weighted by molar-refractivity contribution is 0.102. The molecule has 0 unspecified atom stereocenters. The fraction of sp³-hybridized carbons (Fsp3) is 0.190. The number of rotatable bonds is 6. The van der Waals surface area contributed by atoms with Crippen LogP contribution in [0, 0.1) is 12.7 Å². The second-order valence-corrected chi connectivity index (χ2v) is 6.03. The lowest BCUT2D eigenvalue weighted by Gasteiger charge is -2.11. The van der Waals surface area contributed by atoms with Gasteiger partial charge in [0.05, 0.1) is 11.3 Å². The lowest BCUT2D eigenvalue weighted by atomic mass is 10.1. The Labute approximate surface area is 157 Å². The van der Waals surface area contributed by atoms with Crippen molar-refractivity contribution in [3.63, 3.8) is 0 Å². The third kappa shape index (κ3) is 4.88. The van der Waals surface area contributed by atoms with Crippen molar-refractivity contribution in [2.45, 2.75) is 26.9 Å². The SMILES string of the molecule is CCc1nc(C)ncc1C(=O)Nc1cccc(COc2cccc(F)c2)c1. The number of hydrogen-bond donors (Lipinski definition) is 1. The van der Waals surface area contributed by atoms with Crippen molar-refractivity contribution in [3.05, 3.63) is 83.2 Å². The van der Waals surface area contributed by atoms with Crippen molar-refractivity contribution < 1.29 is 13.9 Å². The molecule has 0 atom stereocenters. The third-order valence-corrected chi connectivity index (χ3v) is 3.95. The molecule has 0 saturated carbocycles. The normalized spacial score (nSPS) is 10.5. The average Bonchev–Trinajstić information content (AvgIpc) is 2.66. The molecule has 0 aliphatic rings. The number of aryl methyl sites for hydroxylation is 2. The van der Waals surface area contributed by atoms with Crippen LogP contribution in [0.15, 0.2) is 54.7 Å². The molecule has 0 fully saturated rings. The van der Waals surface area contributed by atoms with Gasteiger partial charge in [0.1, 0.15) is 24.0 Å². The molecule has 1 amide bonds. The van der Waals surface area contributed by atoms with E-state index < -0.39 is 0 Å². The van der Waals surface area contributed by atoms with E-state index in [-0.39, 0.29) is 18.3 Å². The van der Waals surface area contributed by atoms with E-state index in [9.17, 15) is 9.18 Å². The maximum Gasteiger partial charge on any atom is 0.259 e. The number of carbonyl (C=O) groups is 1. The molecule has 138 valence electrons. The first kappa shape index (κ1) is 18.5. The van der Waals surface area contributed by atoms with Gasteiger partial charge in [0, 0.05) is 18.0 Å². The van der Waals surface area contributed by atoms with E-state index in [1.807, 2.05) is 25.1 Å². The molecule has 1 N–H and O–H groups in total. The number of ether oxygens (including phenoxy) is 1. The molecule has 1 heterocycles. The molecule has 0 aliphatic heterocycles. The first-order chi connectivity index (χ1) is 13.0. The molecule has 0 spiro atoms. The summed E-state index contributed by atoms with van der Waals surface area (Å²) in [6.45, 7) is 4.01.